The fourth-order valence-corrected chi connectivity index (χ4v) is 3.67. The van der Waals surface area contributed by atoms with Gasteiger partial charge in [-0.1, -0.05) is 13.3 Å². The molecule has 1 N–H and O–H groups in total. The van der Waals surface area contributed by atoms with Crippen LogP contribution in [0.1, 0.15) is 33.6 Å². The van der Waals surface area contributed by atoms with Crippen LogP contribution in [0, 0.1) is 0 Å². The minimum atomic E-state index is -3.29. The molecule has 18 heavy (non-hydrogen) atoms. The Bertz CT molecular complexity index is 337. The van der Waals surface area contributed by atoms with Crippen molar-refractivity contribution in [3.05, 3.63) is 0 Å². The maximum absolute atomic E-state index is 12.4. The second kappa shape index (κ2) is 7.65. The minimum absolute atomic E-state index is 0. The third kappa shape index (κ3) is 4.06. The molecule has 1 heterocycles. The fourth-order valence-electron chi connectivity index (χ4n) is 2.03. The van der Waals surface area contributed by atoms with Crippen molar-refractivity contribution in [2.45, 2.75) is 45.7 Å². The number of hydrogen-bond acceptors (Lipinski definition) is 3. The van der Waals surface area contributed by atoms with E-state index in [2.05, 4.69) is 12.2 Å². The van der Waals surface area contributed by atoms with E-state index >= 15 is 0 Å². The lowest BCUT2D eigenvalue weighted by Gasteiger charge is -2.39. The van der Waals surface area contributed by atoms with Crippen LogP contribution in [-0.4, -0.2) is 55.8 Å². The third-order valence-electron chi connectivity index (χ3n) is 3.49. The molecule has 0 saturated carbocycles. The normalized spacial score (nSPS) is 26.1. The molecular weight excluding hydrogens is 274 g/mol. The van der Waals surface area contributed by atoms with Gasteiger partial charge in [-0.25, -0.2) is 0 Å². The van der Waals surface area contributed by atoms with Gasteiger partial charge >= 0.3 is 0 Å². The van der Waals surface area contributed by atoms with Crippen molar-refractivity contribution in [3.8, 4) is 0 Å². The quantitative estimate of drug-likeness (QED) is 0.826. The standard InChI is InChI=1S/C11H25N3O2S.ClH/c1-5-6-8-13(4)17(15,16)14-9-7-12-10(2)11(14)3;/h10-12H,5-9H2,1-4H3;1H. The number of nitrogens with one attached hydrogen (secondary N) is 1. The van der Waals surface area contributed by atoms with Crippen LogP contribution >= 0.6 is 12.4 Å². The predicted octanol–water partition coefficient (Wildman–Crippen LogP) is 1.07. The molecule has 2 atom stereocenters. The summed E-state index contributed by atoms with van der Waals surface area (Å²) in [6.45, 7) is 7.94. The van der Waals surface area contributed by atoms with E-state index in [1.807, 2.05) is 13.8 Å². The van der Waals surface area contributed by atoms with Crippen LogP contribution in [0.2, 0.25) is 0 Å². The van der Waals surface area contributed by atoms with Crippen LogP contribution in [0.15, 0.2) is 0 Å². The highest BCUT2D eigenvalue weighted by molar-refractivity contribution is 7.86. The topological polar surface area (TPSA) is 52.7 Å². The Morgan fingerprint density at radius 2 is 2.00 bits per heavy atom. The lowest BCUT2D eigenvalue weighted by molar-refractivity contribution is 0.219. The Labute approximate surface area is 118 Å². The average Bonchev–Trinajstić information content (AvgIpc) is 2.29. The highest BCUT2D eigenvalue weighted by Crippen LogP contribution is 2.16. The summed E-state index contributed by atoms with van der Waals surface area (Å²) in [6.07, 6.45) is 1.92. The van der Waals surface area contributed by atoms with Crippen molar-refractivity contribution in [2.24, 2.45) is 0 Å². The van der Waals surface area contributed by atoms with Gasteiger partial charge in [0.2, 0.25) is 0 Å². The number of rotatable bonds is 5. The maximum Gasteiger partial charge on any atom is 0.282 e. The Hall–Kier alpha value is 0.120. The molecule has 7 heteroatoms. The summed E-state index contributed by atoms with van der Waals surface area (Å²) in [6, 6.07) is 0.218. The van der Waals surface area contributed by atoms with E-state index < -0.39 is 10.2 Å². The molecule has 0 aromatic carbocycles. The molecule has 5 nitrogen and oxygen atoms in total. The van der Waals surface area contributed by atoms with E-state index in [4.69, 9.17) is 0 Å². The highest BCUT2D eigenvalue weighted by Gasteiger charge is 2.35. The Morgan fingerprint density at radius 1 is 1.39 bits per heavy atom. The molecule has 0 aromatic heterocycles. The van der Waals surface area contributed by atoms with Gasteiger partial charge in [-0.15, -0.1) is 12.4 Å². The molecule has 110 valence electrons. The predicted molar refractivity (Wildman–Crippen MR) is 77.3 cm³/mol. The van der Waals surface area contributed by atoms with Crippen LogP contribution in [0.5, 0.6) is 0 Å². The molecule has 0 spiro atoms. The SMILES string of the molecule is CCCCN(C)S(=O)(=O)N1CCNC(C)C1C.Cl. The molecule has 1 aliphatic heterocycles. The monoisotopic (exact) mass is 299 g/mol. The molecule has 0 aliphatic carbocycles. The molecule has 2 unspecified atom stereocenters. The van der Waals surface area contributed by atoms with Crippen molar-refractivity contribution in [1.82, 2.24) is 13.9 Å². The van der Waals surface area contributed by atoms with Gasteiger partial charge in [0.15, 0.2) is 0 Å². The first kappa shape index (κ1) is 18.1. The number of piperazine rings is 1. The van der Waals surface area contributed by atoms with Gasteiger partial charge in [-0.05, 0) is 20.3 Å². The summed E-state index contributed by atoms with van der Waals surface area (Å²) in [5.41, 5.74) is 0. The summed E-state index contributed by atoms with van der Waals surface area (Å²) in [5, 5.41) is 3.29. The van der Waals surface area contributed by atoms with Crippen LogP contribution in [-0.2, 0) is 10.2 Å². The van der Waals surface area contributed by atoms with Crippen molar-refractivity contribution in [2.75, 3.05) is 26.7 Å². The molecule has 0 amide bonds. The molecular formula is C11H26ClN3O2S. The lowest BCUT2D eigenvalue weighted by Crippen LogP contribution is -2.59. The molecule has 1 aliphatic rings. The van der Waals surface area contributed by atoms with Crippen LogP contribution in [0.25, 0.3) is 0 Å². The van der Waals surface area contributed by atoms with Crippen molar-refractivity contribution in [1.29, 1.82) is 0 Å². The van der Waals surface area contributed by atoms with E-state index in [-0.39, 0.29) is 24.5 Å². The first-order chi connectivity index (χ1) is 7.91. The van der Waals surface area contributed by atoms with Crippen molar-refractivity contribution < 1.29 is 8.42 Å². The maximum atomic E-state index is 12.4. The smallest absolute Gasteiger partial charge is 0.282 e. The summed E-state index contributed by atoms with van der Waals surface area (Å²) in [7, 11) is -1.62. The number of nitrogens with zero attached hydrogens (tertiary/aromatic N) is 2. The first-order valence-corrected chi connectivity index (χ1v) is 7.77. The van der Waals surface area contributed by atoms with Gasteiger partial charge < -0.3 is 5.32 Å². The lowest BCUT2D eigenvalue weighted by atomic mass is 10.1. The van der Waals surface area contributed by atoms with Crippen molar-refractivity contribution in [3.63, 3.8) is 0 Å². The van der Waals surface area contributed by atoms with E-state index in [1.165, 1.54) is 4.31 Å². The zero-order chi connectivity index (χ0) is 13.1. The Kier molecular flexibility index (Phi) is 7.70. The van der Waals surface area contributed by atoms with Gasteiger partial charge in [-0.2, -0.15) is 17.0 Å². The molecule has 0 radical (unpaired) electrons. The number of halogens is 1. The van der Waals surface area contributed by atoms with Crippen LogP contribution in [0.4, 0.5) is 0 Å². The Morgan fingerprint density at radius 3 is 2.56 bits per heavy atom. The van der Waals surface area contributed by atoms with E-state index in [0.29, 0.717) is 13.1 Å². The summed E-state index contributed by atoms with van der Waals surface area (Å²) in [4.78, 5) is 0. The highest BCUT2D eigenvalue weighted by atomic mass is 35.5. The second-order valence-electron chi connectivity index (χ2n) is 4.78. The van der Waals surface area contributed by atoms with E-state index in [1.54, 1.807) is 11.4 Å². The van der Waals surface area contributed by atoms with E-state index in [0.717, 1.165) is 19.4 Å². The minimum Gasteiger partial charge on any atom is -0.311 e. The molecule has 1 rings (SSSR count). The van der Waals surface area contributed by atoms with Gasteiger partial charge in [0.1, 0.15) is 0 Å². The molecule has 0 aromatic rings. The molecule has 1 saturated heterocycles. The van der Waals surface area contributed by atoms with Crippen LogP contribution in [0.3, 0.4) is 0 Å². The van der Waals surface area contributed by atoms with Gasteiger partial charge in [-0.3, -0.25) is 0 Å². The van der Waals surface area contributed by atoms with Gasteiger partial charge in [0.25, 0.3) is 10.2 Å². The summed E-state index contributed by atoms with van der Waals surface area (Å²) < 4.78 is 27.8. The van der Waals surface area contributed by atoms with Crippen LogP contribution < -0.4 is 5.32 Å². The second-order valence-corrected chi connectivity index (χ2v) is 6.77. The molecule has 1 fully saturated rings. The van der Waals surface area contributed by atoms with Gasteiger partial charge in [0.05, 0.1) is 0 Å². The van der Waals surface area contributed by atoms with E-state index in [9.17, 15) is 8.42 Å². The zero-order valence-corrected chi connectivity index (χ0v) is 13.4. The average molecular weight is 300 g/mol. The zero-order valence-electron chi connectivity index (χ0n) is 11.7. The first-order valence-electron chi connectivity index (χ1n) is 6.37. The Balaban J connectivity index is 0.00000289. The number of unbranched alkanes of at least 4 members (excludes halogenated alkanes) is 1. The fraction of sp³-hybridized carbons (Fsp3) is 1.00. The number of hydrogen-bond donors (Lipinski definition) is 1. The van der Waals surface area contributed by atoms with Crippen molar-refractivity contribution >= 4 is 22.6 Å². The van der Waals surface area contributed by atoms with Gasteiger partial charge in [0, 0.05) is 38.8 Å². The molecule has 0 bridgehead atoms. The third-order valence-corrected chi connectivity index (χ3v) is 5.57. The largest absolute Gasteiger partial charge is 0.311 e. The summed E-state index contributed by atoms with van der Waals surface area (Å²) >= 11 is 0. The summed E-state index contributed by atoms with van der Waals surface area (Å²) in [5.74, 6) is 0.